The van der Waals surface area contributed by atoms with Crippen LogP contribution in [0.25, 0.3) is 6.08 Å². The highest BCUT2D eigenvalue weighted by Gasteiger charge is 2.33. The van der Waals surface area contributed by atoms with Crippen LogP contribution in [0.1, 0.15) is 18.1 Å². The predicted octanol–water partition coefficient (Wildman–Crippen LogP) is 4.66. The topological polar surface area (TPSA) is 29.5 Å². The summed E-state index contributed by atoms with van der Waals surface area (Å²) in [6.07, 6.45) is 2.83. The average molecular weight is 355 g/mol. The summed E-state index contributed by atoms with van der Waals surface area (Å²) in [5.74, 6) is 0.709. The lowest BCUT2D eigenvalue weighted by molar-refractivity contribution is -0.113. The van der Waals surface area contributed by atoms with Gasteiger partial charge in [-0.2, -0.15) is 0 Å². The maximum Gasteiger partial charge on any atom is 0.270 e. The quantitative estimate of drug-likeness (QED) is 0.589. The molecular weight excluding hydrogens is 338 g/mol. The van der Waals surface area contributed by atoms with Gasteiger partial charge in [-0.15, -0.1) is 0 Å². The minimum atomic E-state index is -0.0786. The molecule has 1 aliphatic rings. The smallest absolute Gasteiger partial charge is 0.270 e. The number of nitrogens with zero attached hydrogens (tertiary/aromatic N) is 1. The Hall–Kier alpha value is -2.11. The van der Waals surface area contributed by atoms with E-state index < -0.39 is 0 Å². The zero-order chi connectivity index (χ0) is 17.1. The predicted molar refractivity (Wildman–Crippen MR) is 104 cm³/mol. The molecule has 122 valence electrons. The first-order chi connectivity index (χ1) is 11.6. The van der Waals surface area contributed by atoms with Gasteiger partial charge in [0.15, 0.2) is 4.32 Å². The van der Waals surface area contributed by atoms with Crippen molar-refractivity contribution in [1.29, 1.82) is 0 Å². The van der Waals surface area contributed by atoms with E-state index in [1.165, 1.54) is 17.3 Å². The molecule has 1 heterocycles. The lowest BCUT2D eigenvalue weighted by Crippen LogP contribution is -2.27. The van der Waals surface area contributed by atoms with Crippen molar-refractivity contribution < 1.29 is 9.53 Å². The molecule has 0 spiro atoms. The molecule has 24 heavy (non-hydrogen) atoms. The van der Waals surface area contributed by atoms with Crippen LogP contribution in [0.5, 0.6) is 5.75 Å². The van der Waals surface area contributed by atoms with Crippen LogP contribution in [0.2, 0.25) is 0 Å². The summed E-state index contributed by atoms with van der Waals surface area (Å²) < 4.78 is 5.71. The molecule has 2 aromatic rings. The van der Waals surface area contributed by atoms with E-state index in [2.05, 4.69) is 6.92 Å². The van der Waals surface area contributed by atoms with Gasteiger partial charge >= 0.3 is 0 Å². The maximum atomic E-state index is 12.7. The molecule has 0 atom stereocenters. The van der Waals surface area contributed by atoms with E-state index in [-0.39, 0.29) is 5.91 Å². The number of amides is 1. The molecule has 0 radical (unpaired) electrons. The number of anilines is 1. The molecule has 0 unspecified atom stereocenters. The van der Waals surface area contributed by atoms with Crippen LogP contribution >= 0.6 is 24.0 Å². The zero-order valence-electron chi connectivity index (χ0n) is 13.5. The summed E-state index contributed by atoms with van der Waals surface area (Å²) in [4.78, 5) is 14.9. The number of hydrogen-bond donors (Lipinski definition) is 0. The normalized spacial score (nSPS) is 16.1. The van der Waals surface area contributed by atoms with Crippen LogP contribution in [0.3, 0.4) is 0 Å². The number of methoxy groups -OCH3 is 1. The third-order valence-electron chi connectivity index (χ3n) is 3.81. The molecule has 1 saturated heterocycles. The van der Waals surface area contributed by atoms with Gasteiger partial charge in [-0.3, -0.25) is 9.69 Å². The highest BCUT2D eigenvalue weighted by atomic mass is 32.2. The Bertz CT molecular complexity index is 795. The Morgan fingerprint density at radius 1 is 1.12 bits per heavy atom. The first-order valence-electron chi connectivity index (χ1n) is 7.63. The van der Waals surface area contributed by atoms with Gasteiger partial charge in [-0.1, -0.05) is 55.2 Å². The summed E-state index contributed by atoms with van der Waals surface area (Å²) in [5.41, 5.74) is 2.99. The third kappa shape index (κ3) is 3.37. The Morgan fingerprint density at radius 3 is 2.38 bits per heavy atom. The minimum absolute atomic E-state index is 0.0786. The zero-order valence-corrected chi connectivity index (χ0v) is 15.1. The van der Waals surface area contributed by atoms with Crippen LogP contribution in [-0.2, 0) is 11.2 Å². The van der Waals surface area contributed by atoms with E-state index in [1.807, 2.05) is 54.6 Å². The number of ether oxygens (including phenoxy) is 1. The molecule has 5 heteroatoms. The van der Waals surface area contributed by atoms with Gasteiger partial charge in [0.2, 0.25) is 0 Å². The number of rotatable bonds is 4. The average Bonchev–Trinajstić information content (AvgIpc) is 2.89. The summed E-state index contributed by atoms with van der Waals surface area (Å²) >= 11 is 6.73. The van der Waals surface area contributed by atoms with Gasteiger partial charge < -0.3 is 4.74 Å². The van der Waals surface area contributed by atoms with Gasteiger partial charge in [-0.05, 0) is 47.9 Å². The van der Waals surface area contributed by atoms with Crippen molar-refractivity contribution in [2.75, 3.05) is 12.0 Å². The van der Waals surface area contributed by atoms with Crippen molar-refractivity contribution in [3.8, 4) is 5.75 Å². The number of hydrogen-bond acceptors (Lipinski definition) is 4. The van der Waals surface area contributed by atoms with Gasteiger partial charge in [0.25, 0.3) is 5.91 Å². The third-order valence-corrected chi connectivity index (χ3v) is 5.11. The van der Waals surface area contributed by atoms with E-state index >= 15 is 0 Å². The lowest BCUT2D eigenvalue weighted by atomic mass is 10.1. The number of benzene rings is 2. The monoisotopic (exact) mass is 355 g/mol. The van der Waals surface area contributed by atoms with Crippen molar-refractivity contribution in [2.45, 2.75) is 13.3 Å². The fourth-order valence-corrected chi connectivity index (χ4v) is 3.72. The van der Waals surface area contributed by atoms with Crippen molar-refractivity contribution in [3.63, 3.8) is 0 Å². The largest absolute Gasteiger partial charge is 0.497 e. The van der Waals surface area contributed by atoms with Crippen LogP contribution in [0.15, 0.2) is 53.4 Å². The number of carbonyl (C=O) groups excluding carboxylic acids is 1. The molecule has 0 aliphatic carbocycles. The number of aryl methyl sites for hydroxylation is 1. The van der Waals surface area contributed by atoms with Crippen LogP contribution in [-0.4, -0.2) is 17.3 Å². The van der Waals surface area contributed by atoms with Crippen LogP contribution < -0.4 is 9.64 Å². The summed E-state index contributed by atoms with van der Waals surface area (Å²) in [6, 6.07) is 15.5. The Labute approximate surface area is 151 Å². The minimum Gasteiger partial charge on any atom is -0.497 e. The Kier molecular flexibility index (Phi) is 5.02. The molecule has 0 N–H and O–H groups in total. The fourth-order valence-electron chi connectivity index (χ4n) is 2.42. The molecule has 1 aliphatic heterocycles. The number of thiocarbonyl (C=S) groups is 1. The van der Waals surface area contributed by atoms with Crippen molar-refractivity contribution >= 4 is 46.0 Å². The molecule has 0 bridgehead atoms. The SMILES string of the molecule is CCc1ccc(N2C(=O)/C(=C\c3ccc(OC)cc3)SC2=S)cc1. The Morgan fingerprint density at radius 2 is 1.79 bits per heavy atom. The maximum absolute atomic E-state index is 12.7. The van der Waals surface area contributed by atoms with Crippen LogP contribution in [0.4, 0.5) is 5.69 Å². The van der Waals surface area contributed by atoms with E-state index in [4.69, 9.17) is 17.0 Å². The fraction of sp³-hybridized carbons (Fsp3) is 0.158. The first-order valence-corrected chi connectivity index (χ1v) is 8.86. The second kappa shape index (κ2) is 7.20. The standard InChI is InChI=1S/C19H17NO2S2/c1-3-13-4-8-15(9-5-13)20-18(21)17(24-19(20)23)12-14-6-10-16(22-2)11-7-14/h4-12H,3H2,1-2H3/b17-12+. The molecule has 1 amide bonds. The molecule has 1 fully saturated rings. The van der Waals surface area contributed by atoms with Crippen molar-refractivity contribution in [1.82, 2.24) is 0 Å². The van der Waals surface area contributed by atoms with Gasteiger partial charge in [0, 0.05) is 0 Å². The van der Waals surface area contributed by atoms with Gasteiger partial charge in [0.1, 0.15) is 5.75 Å². The molecule has 0 saturated carbocycles. The number of thioether (sulfide) groups is 1. The second-order valence-electron chi connectivity index (χ2n) is 5.31. The molecule has 2 aromatic carbocycles. The van der Waals surface area contributed by atoms with Crippen molar-refractivity contribution in [2.24, 2.45) is 0 Å². The van der Waals surface area contributed by atoms with E-state index in [0.717, 1.165) is 23.4 Å². The lowest BCUT2D eigenvalue weighted by Gasteiger charge is -2.14. The van der Waals surface area contributed by atoms with E-state index in [1.54, 1.807) is 12.0 Å². The molecular formula is C19H17NO2S2. The first kappa shape index (κ1) is 16.7. The second-order valence-corrected chi connectivity index (χ2v) is 6.99. The summed E-state index contributed by atoms with van der Waals surface area (Å²) in [6.45, 7) is 2.10. The summed E-state index contributed by atoms with van der Waals surface area (Å²) in [7, 11) is 1.63. The van der Waals surface area contributed by atoms with Crippen molar-refractivity contribution in [3.05, 3.63) is 64.6 Å². The van der Waals surface area contributed by atoms with Gasteiger partial charge in [0.05, 0.1) is 17.7 Å². The van der Waals surface area contributed by atoms with E-state index in [0.29, 0.717) is 9.23 Å². The highest BCUT2D eigenvalue weighted by molar-refractivity contribution is 8.27. The van der Waals surface area contributed by atoms with E-state index in [9.17, 15) is 4.79 Å². The molecule has 3 nitrogen and oxygen atoms in total. The van der Waals surface area contributed by atoms with Gasteiger partial charge in [-0.25, -0.2) is 0 Å². The number of carbonyl (C=O) groups is 1. The molecule has 3 rings (SSSR count). The summed E-state index contributed by atoms with van der Waals surface area (Å²) in [5, 5.41) is 0. The molecule has 0 aromatic heterocycles. The Balaban J connectivity index is 1.85. The van der Waals surface area contributed by atoms with Crippen LogP contribution in [0, 0.1) is 0 Å². The highest BCUT2D eigenvalue weighted by Crippen LogP contribution is 2.36.